The molecule has 0 fully saturated rings. The SMILES string of the molecule is CC1Sc2ccc(C(=O)Nc3nnc(-c4ccc(C(C)C)cc4)s3)cc2NC1=O. The number of hydrogen-bond acceptors (Lipinski definition) is 6. The van der Waals surface area contributed by atoms with Crippen LogP contribution in [0.4, 0.5) is 10.8 Å². The van der Waals surface area contributed by atoms with Gasteiger partial charge in [-0.2, -0.15) is 0 Å². The minimum absolute atomic E-state index is 0.0580. The van der Waals surface area contributed by atoms with Crippen LogP contribution in [0.25, 0.3) is 10.6 Å². The lowest BCUT2D eigenvalue weighted by Gasteiger charge is -2.21. The first-order valence-electron chi connectivity index (χ1n) is 9.27. The number of carbonyl (C=O) groups excluding carboxylic acids is 2. The summed E-state index contributed by atoms with van der Waals surface area (Å²) in [6.45, 7) is 6.16. The Morgan fingerprint density at radius 1 is 1.14 bits per heavy atom. The molecule has 148 valence electrons. The Balaban J connectivity index is 1.48. The molecule has 1 atom stereocenters. The monoisotopic (exact) mass is 424 g/mol. The number of aromatic nitrogens is 2. The van der Waals surface area contributed by atoms with Crippen molar-refractivity contribution in [3.05, 3.63) is 53.6 Å². The summed E-state index contributed by atoms with van der Waals surface area (Å²) in [5, 5.41) is 15.0. The molecule has 2 aromatic carbocycles. The molecule has 2 heterocycles. The molecule has 29 heavy (non-hydrogen) atoms. The largest absolute Gasteiger partial charge is 0.324 e. The van der Waals surface area contributed by atoms with Crippen LogP contribution in [0.1, 0.15) is 42.6 Å². The van der Waals surface area contributed by atoms with Gasteiger partial charge < -0.3 is 5.32 Å². The maximum atomic E-state index is 12.6. The average molecular weight is 425 g/mol. The van der Waals surface area contributed by atoms with E-state index in [1.54, 1.807) is 12.1 Å². The van der Waals surface area contributed by atoms with E-state index in [2.05, 4.69) is 46.8 Å². The number of benzene rings is 2. The van der Waals surface area contributed by atoms with E-state index in [9.17, 15) is 9.59 Å². The van der Waals surface area contributed by atoms with Gasteiger partial charge in [0.25, 0.3) is 5.91 Å². The molecule has 0 spiro atoms. The molecule has 3 aromatic rings. The first kappa shape index (κ1) is 19.6. The molecule has 1 aromatic heterocycles. The number of thioether (sulfide) groups is 1. The number of amides is 2. The van der Waals surface area contributed by atoms with Crippen molar-refractivity contribution in [3.8, 4) is 10.6 Å². The summed E-state index contributed by atoms with van der Waals surface area (Å²) in [5.41, 5.74) is 3.35. The maximum absolute atomic E-state index is 12.6. The second kappa shape index (κ2) is 7.96. The van der Waals surface area contributed by atoms with Crippen LogP contribution in [0, 0.1) is 0 Å². The van der Waals surface area contributed by atoms with Crippen LogP contribution in [0.3, 0.4) is 0 Å². The lowest BCUT2D eigenvalue weighted by atomic mass is 10.0. The number of fused-ring (bicyclic) bond motifs is 1. The van der Waals surface area contributed by atoms with Crippen molar-refractivity contribution in [2.45, 2.75) is 36.8 Å². The zero-order valence-corrected chi connectivity index (χ0v) is 17.9. The van der Waals surface area contributed by atoms with Gasteiger partial charge in [-0.25, -0.2) is 0 Å². The van der Waals surface area contributed by atoms with Gasteiger partial charge in [0, 0.05) is 16.0 Å². The van der Waals surface area contributed by atoms with E-state index in [0.29, 0.717) is 22.3 Å². The van der Waals surface area contributed by atoms with Crippen molar-refractivity contribution in [3.63, 3.8) is 0 Å². The normalized spacial score (nSPS) is 15.7. The molecular formula is C21H20N4O2S2. The Kier molecular flexibility index (Phi) is 5.38. The highest BCUT2D eigenvalue weighted by Gasteiger charge is 2.24. The van der Waals surface area contributed by atoms with Gasteiger partial charge in [-0.15, -0.1) is 22.0 Å². The molecule has 6 nitrogen and oxygen atoms in total. The van der Waals surface area contributed by atoms with Crippen LogP contribution in [-0.4, -0.2) is 27.3 Å². The highest BCUT2D eigenvalue weighted by molar-refractivity contribution is 8.00. The number of nitrogens with one attached hydrogen (secondary N) is 2. The van der Waals surface area contributed by atoms with Crippen molar-refractivity contribution in [1.29, 1.82) is 0 Å². The van der Waals surface area contributed by atoms with Crippen molar-refractivity contribution >= 4 is 45.7 Å². The van der Waals surface area contributed by atoms with E-state index in [0.717, 1.165) is 15.5 Å². The fraction of sp³-hybridized carbons (Fsp3) is 0.238. The third-order valence-corrected chi connectivity index (χ3v) is 6.71. The smallest absolute Gasteiger partial charge is 0.257 e. The van der Waals surface area contributed by atoms with Crippen molar-refractivity contribution in [2.24, 2.45) is 0 Å². The van der Waals surface area contributed by atoms with E-state index in [1.165, 1.54) is 28.7 Å². The third-order valence-electron chi connectivity index (χ3n) is 4.64. The Labute approximate surface area is 177 Å². The van der Waals surface area contributed by atoms with E-state index in [-0.39, 0.29) is 17.1 Å². The lowest BCUT2D eigenvalue weighted by molar-refractivity contribution is -0.115. The molecule has 8 heteroatoms. The lowest BCUT2D eigenvalue weighted by Crippen LogP contribution is -2.26. The maximum Gasteiger partial charge on any atom is 0.257 e. The highest BCUT2D eigenvalue weighted by Crippen LogP contribution is 2.36. The molecule has 2 N–H and O–H groups in total. The minimum Gasteiger partial charge on any atom is -0.324 e. The Bertz CT molecular complexity index is 1080. The van der Waals surface area contributed by atoms with E-state index in [4.69, 9.17) is 0 Å². The molecule has 0 aliphatic carbocycles. The highest BCUT2D eigenvalue weighted by atomic mass is 32.2. The summed E-state index contributed by atoms with van der Waals surface area (Å²) >= 11 is 2.81. The predicted octanol–water partition coefficient (Wildman–Crippen LogP) is 5.01. The van der Waals surface area contributed by atoms with Gasteiger partial charge in [-0.1, -0.05) is 49.4 Å². The Morgan fingerprint density at radius 3 is 2.62 bits per heavy atom. The fourth-order valence-corrected chi connectivity index (χ4v) is 4.59. The summed E-state index contributed by atoms with van der Waals surface area (Å²) in [6, 6.07) is 13.5. The van der Waals surface area contributed by atoms with Crippen LogP contribution in [0.5, 0.6) is 0 Å². The van der Waals surface area contributed by atoms with Crippen LogP contribution in [-0.2, 0) is 4.79 Å². The van der Waals surface area contributed by atoms with E-state index in [1.807, 2.05) is 25.1 Å². The number of carbonyl (C=O) groups is 2. The number of rotatable bonds is 4. The van der Waals surface area contributed by atoms with Crippen LogP contribution in [0.2, 0.25) is 0 Å². The van der Waals surface area contributed by atoms with Gasteiger partial charge in [-0.05, 0) is 36.6 Å². The van der Waals surface area contributed by atoms with Crippen LogP contribution in [0.15, 0.2) is 47.4 Å². The molecule has 0 radical (unpaired) electrons. The zero-order valence-electron chi connectivity index (χ0n) is 16.2. The second-order valence-electron chi connectivity index (χ2n) is 7.10. The summed E-state index contributed by atoms with van der Waals surface area (Å²) in [5.74, 6) is 0.122. The van der Waals surface area contributed by atoms with Gasteiger partial charge in [0.15, 0.2) is 0 Å². The molecule has 1 unspecified atom stereocenters. The Morgan fingerprint density at radius 2 is 1.90 bits per heavy atom. The molecule has 0 saturated carbocycles. The summed E-state index contributed by atoms with van der Waals surface area (Å²) in [4.78, 5) is 25.5. The Hall–Kier alpha value is -2.71. The van der Waals surface area contributed by atoms with Gasteiger partial charge in [-0.3, -0.25) is 14.9 Å². The molecule has 4 rings (SSSR count). The van der Waals surface area contributed by atoms with Crippen molar-refractivity contribution in [1.82, 2.24) is 10.2 Å². The van der Waals surface area contributed by atoms with Crippen molar-refractivity contribution < 1.29 is 9.59 Å². The predicted molar refractivity (Wildman–Crippen MR) is 118 cm³/mol. The fourth-order valence-electron chi connectivity index (χ4n) is 2.92. The second-order valence-corrected chi connectivity index (χ2v) is 9.46. The number of hydrogen-bond donors (Lipinski definition) is 2. The molecule has 0 bridgehead atoms. The zero-order chi connectivity index (χ0) is 20.5. The van der Waals surface area contributed by atoms with E-state index >= 15 is 0 Å². The number of nitrogens with zero attached hydrogens (tertiary/aromatic N) is 2. The average Bonchev–Trinajstić information content (AvgIpc) is 3.17. The first-order valence-corrected chi connectivity index (χ1v) is 11.0. The molecule has 2 amide bonds. The molecular weight excluding hydrogens is 404 g/mol. The quantitative estimate of drug-likeness (QED) is 0.615. The van der Waals surface area contributed by atoms with Crippen LogP contribution < -0.4 is 10.6 Å². The van der Waals surface area contributed by atoms with Gasteiger partial charge >= 0.3 is 0 Å². The standard InChI is InChI=1S/C21H20N4O2S2/c1-11(2)13-4-6-14(7-5-13)20-24-25-21(29-20)23-19(27)15-8-9-17-16(10-15)22-18(26)12(3)28-17/h4-12H,1-3H3,(H,22,26)(H,23,25,27). The summed E-state index contributed by atoms with van der Waals surface area (Å²) in [7, 11) is 0. The molecule has 0 saturated heterocycles. The van der Waals surface area contributed by atoms with E-state index < -0.39 is 0 Å². The first-order chi connectivity index (χ1) is 13.9. The minimum atomic E-state index is -0.288. The summed E-state index contributed by atoms with van der Waals surface area (Å²) < 4.78 is 0. The number of anilines is 2. The topological polar surface area (TPSA) is 84.0 Å². The molecule has 1 aliphatic heterocycles. The van der Waals surface area contributed by atoms with Gasteiger partial charge in [0.1, 0.15) is 5.01 Å². The van der Waals surface area contributed by atoms with Crippen molar-refractivity contribution in [2.75, 3.05) is 10.6 Å². The third kappa shape index (κ3) is 4.18. The molecule has 1 aliphatic rings. The van der Waals surface area contributed by atoms with Gasteiger partial charge in [0.05, 0.1) is 10.9 Å². The van der Waals surface area contributed by atoms with Gasteiger partial charge in [0.2, 0.25) is 11.0 Å². The van der Waals surface area contributed by atoms with Crippen LogP contribution >= 0.6 is 23.1 Å². The summed E-state index contributed by atoms with van der Waals surface area (Å²) in [6.07, 6.45) is 0.